The molecule has 5 rings (SSSR count). The van der Waals surface area contributed by atoms with Gasteiger partial charge in [0.05, 0.1) is 17.6 Å². The Hall–Kier alpha value is -3.73. The minimum Gasteiger partial charge on any atom is -0.334 e. The molecule has 0 N–H and O–H groups in total. The van der Waals surface area contributed by atoms with Gasteiger partial charge in [0.2, 0.25) is 0 Å². The lowest BCUT2D eigenvalue weighted by Gasteiger charge is -2.29. The number of hydrogen-bond donors (Lipinski definition) is 0. The maximum atomic E-state index is 13.0. The summed E-state index contributed by atoms with van der Waals surface area (Å²) < 4.78 is 1.80. The SMILES string of the molecule is Cc1ccc(-c2cnnn2-c2ccc(C(=O)N3CCc4ccccc4C3)cc2)cc1. The van der Waals surface area contributed by atoms with Crippen LogP contribution in [0, 0.1) is 6.92 Å². The van der Waals surface area contributed by atoms with Crippen LogP contribution in [0.4, 0.5) is 0 Å². The standard InChI is InChI=1S/C25H22N4O/c1-18-6-8-20(9-7-18)24-16-26-27-29(24)23-12-10-21(11-13-23)25(30)28-15-14-19-4-2-3-5-22(19)17-28/h2-13,16H,14-15,17H2,1H3. The van der Waals surface area contributed by atoms with E-state index in [2.05, 4.69) is 59.7 Å². The van der Waals surface area contributed by atoms with E-state index in [-0.39, 0.29) is 5.91 Å². The van der Waals surface area contributed by atoms with Crippen LogP contribution in [0.1, 0.15) is 27.0 Å². The number of amides is 1. The van der Waals surface area contributed by atoms with Crippen molar-refractivity contribution in [2.45, 2.75) is 19.9 Å². The third-order valence-corrected chi connectivity index (χ3v) is 5.67. The Bertz CT molecular complexity index is 1190. The zero-order valence-corrected chi connectivity index (χ0v) is 16.8. The van der Waals surface area contributed by atoms with Gasteiger partial charge in [-0.3, -0.25) is 4.79 Å². The van der Waals surface area contributed by atoms with Crippen molar-refractivity contribution in [2.75, 3.05) is 6.54 Å². The van der Waals surface area contributed by atoms with Crippen LogP contribution in [0.15, 0.2) is 79.0 Å². The summed E-state index contributed by atoms with van der Waals surface area (Å²) in [6, 6.07) is 24.2. The van der Waals surface area contributed by atoms with Gasteiger partial charge in [0.1, 0.15) is 0 Å². The van der Waals surface area contributed by atoms with Crippen LogP contribution < -0.4 is 0 Å². The second-order valence-electron chi connectivity index (χ2n) is 7.69. The molecule has 1 aliphatic heterocycles. The monoisotopic (exact) mass is 394 g/mol. The third-order valence-electron chi connectivity index (χ3n) is 5.67. The van der Waals surface area contributed by atoms with E-state index in [4.69, 9.17) is 0 Å². The first-order valence-electron chi connectivity index (χ1n) is 10.1. The zero-order chi connectivity index (χ0) is 20.5. The lowest BCUT2D eigenvalue weighted by Crippen LogP contribution is -2.35. The number of carbonyl (C=O) groups is 1. The number of aryl methyl sites for hydroxylation is 1. The average molecular weight is 394 g/mol. The van der Waals surface area contributed by atoms with Crippen molar-refractivity contribution in [1.82, 2.24) is 19.9 Å². The van der Waals surface area contributed by atoms with Crippen LogP contribution in [0.2, 0.25) is 0 Å². The fraction of sp³-hybridized carbons (Fsp3) is 0.160. The molecule has 0 aliphatic carbocycles. The lowest BCUT2D eigenvalue weighted by molar-refractivity contribution is 0.0734. The average Bonchev–Trinajstić information content (AvgIpc) is 3.29. The first-order valence-corrected chi connectivity index (χ1v) is 10.1. The predicted molar refractivity (Wildman–Crippen MR) is 116 cm³/mol. The summed E-state index contributed by atoms with van der Waals surface area (Å²) in [6.45, 7) is 3.48. The Balaban J connectivity index is 1.37. The molecule has 5 heteroatoms. The van der Waals surface area contributed by atoms with E-state index in [0.29, 0.717) is 12.1 Å². The maximum Gasteiger partial charge on any atom is 0.254 e. The van der Waals surface area contributed by atoms with Crippen molar-refractivity contribution in [2.24, 2.45) is 0 Å². The molecule has 0 atom stereocenters. The van der Waals surface area contributed by atoms with Gasteiger partial charge in [-0.2, -0.15) is 0 Å². The molecule has 30 heavy (non-hydrogen) atoms. The summed E-state index contributed by atoms with van der Waals surface area (Å²) in [6.07, 6.45) is 2.66. The molecule has 4 aromatic rings. The highest BCUT2D eigenvalue weighted by Crippen LogP contribution is 2.23. The summed E-state index contributed by atoms with van der Waals surface area (Å²) in [7, 11) is 0. The Labute approximate surface area is 175 Å². The molecule has 1 aromatic heterocycles. The van der Waals surface area contributed by atoms with Crippen LogP contribution in [-0.2, 0) is 13.0 Å². The van der Waals surface area contributed by atoms with Crippen LogP contribution in [0.25, 0.3) is 16.9 Å². The van der Waals surface area contributed by atoms with Crippen molar-refractivity contribution < 1.29 is 4.79 Å². The van der Waals surface area contributed by atoms with Crippen LogP contribution in [0.3, 0.4) is 0 Å². The first-order chi connectivity index (χ1) is 14.7. The molecule has 148 valence electrons. The Morgan fingerprint density at radius 1 is 0.900 bits per heavy atom. The van der Waals surface area contributed by atoms with E-state index >= 15 is 0 Å². The lowest BCUT2D eigenvalue weighted by atomic mass is 9.99. The van der Waals surface area contributed by atoms with Crippen molar-refractivity contribution in [1.29, 1.82) is 0 Å². The molecule has 0 saturated heterocycles. The van der Waals surface area contributed by atoms with Gasteiger partial charge in [0.25, 0.3) is 5.91 Å². The Kier molecular flexibility index (Phi) is 4.64. The molecule has 3 aromatic carbocycles. The zero-order valence-electron chi connectivity index (χ0n) is 16.8. The quantitative estimate of drug-likeness (QED) is 0.516. The van der Waals surface area contributed by atoms with Gasteiger partial charge >= 0.3 is 0 Å². The molecule has 2 heterocycles. The van der Waals surface area contributed by atoms with Crippen LogP contribution in [-0.4, -0.2) is 32.3 Å². The molecule has 0 bridgehead atoms. The van der Waals surface area contributed by atoms with E-state index in [1.54, 1.807) is 10.9 Å². The molecule has 0 unspecified atom stereocenters. The van der Waals surface area contributed by atoms with Gasteiger partial charge < -0.3 is 4.90 Å². The van der Waals surface area contributed by atoms with E-state index in [1.165, 1.54) is 16.7 Å². The van der Waals surface area contributed by atoms with Crippen molar-refractivity contribution in [3.05, 3.63) is 101 Å². The molecule has 1 amide bonds. The fourth-order valence-corrected chi connectivity index (χ4v) is 3.94. The summed E-state index contributed by atoms with van der Waals surface area (Å²) in [5.41, 5.74) is 7.32. The summed E-state index contributed by atoms with van der Waals surface area (Å²) in [5, 5.41) is 8.33. The topological polar surface area (TPSA) is 51.0 Å². The van der Waals surface area contributed by atoms with Crippen LogP contribution in [0.5, 0.6) is 0 Å². The first kappa shape index (κ1) is 18.3. The third kappa shape index (κ3) is 3.39. The maximum absolute atomic E-state index is 13.0. The highest BCUT2D eigenvalue weighted by Gasteiger charge is 2.21. The second-order valence-corrected chi connectivity index (χ2v) is 7.69. The van der Waals surface area contributed by atoms with Gasteiger partial charge in [0, 0.05) is 24.2 Å². The largest absolute Gasteiger partial charge is 0.334 e. The number of rotatable bonds is 3. The highest BCUT2D eigenvalue weighted by atomic mass is 16.2. The summed E-state index contributed by atoms with van der Waals surface area (Å²) in [5.74, 6) is 0.0633. The normalized spacial score (nSPS) is 13.2. The van der Waals surface area contributed by atoms with E-state index < -0.39 is 0 Å². The summed E-state index contributed by atoms with van der Waals surface area (Å²) >= 11 is 0. The van der Waals surface area contributed by atoms with Gasteiger partial charge in [-0.15, -0.1) is 5.10 Å². The highest BCUT2D eigenvalue weighted by molar-refractivity contribution is 5.94. The van der Waals surface area contributed by atoms with Gasteiger partial charge in [-0.1, -0.05) is 59.3 Å². The van der Waals surface area contributed by atoms with Crippen molar-refractivity contribution in [3.8, 4) is 16.9 Å². The number of aromatic nitrogens is 3. The number of fused-ring (bicyclic) bond motifs is 1. The number of nitrogens with zero attached hydrogens (tertiary/aromatic N) is 4. The molecular weight excluding hydrogens is 372 g/mol. The van der Waals surface area contributed by atoms with Crippen molar-refractivity contribution >= 4 is 5.91 Å². The molecule has 0 fully saturated rings. The van der Waals surface area contributed by atoms with E-state index in [1.807, 2.05) is 35.2 Å². The molecule has 0 saturated carbocycles. The number of benzene rings is 3. The molecule has 0 radical (unpaired) electrons. The second kappa shape index (κ2) is 7.59. The molecule has 5 nitrogen and oxygen atoms in total. The molecule has 1 aliphatic rings. The smallest absolute Gasteiger partial charge is 0.254 e. The Morgan fingerprint density at radius 3 is 2.40 bits per heavy atom. The molecular formula is C25H22N4O. The number of carbonyl (C=O) groups excluding carboxylic acids is 1. The van der Waals surface area contributed by atoms with Gasteiger partial charge in [0.15, 0.2) is 0 Å². The molecule has 0 spiro atoms. The number of hydrogen-bond acceptors (Lipinski definition) is 3. The van der Waals surface area contributed by atoms with Gasteiger partial charge in [-0.05, 0) is 48.7 Å². The fourth-order valence-electron chi connectivity index (χ4n) is 3.94. The summed E-state index contributed by atoms with van der Waals surface area (Å²) in [4.78, 5) is 14.9. The minimum atomic E-state index is 0.0633. The van der Waals surface area contributed by atoms with Gasteiger partial charge in [-0.25, -0.2) is 4.68 Å². The predicted octanol–water partition coefficient (Wildman–Crippen LogP) is 4.44. The Morgan fingerprint density at radius 2 is 1.63 bits per heavy atom. The minimum absolute atomic E-state index is 0.0633. The van der Waals surface area contributed by atoms with E-state index in [9.17, 15) is 4.79 Å². The van der Waals surface area contributed by atoms with Crippen LogP contribution >= 0.6 is 0 Å². The van der Waals surface area contributed by atoms with Crippen molar-refractivity contribution in [3.63, 3.8) is 0 Å². The van der Waals surface area contributed by atoms with E-state index in [0.717, 1.165) is 29.9 Å².